The summed E-state index contributed by atoms with van der Waals surface area (Å²) in [4.78, 5) is 21.9. The fraction of sp³-hybridized carbons (Fsp3) is 0.212. The molecule has 2 heterocycles. The molecule has 1 amide bonds. The van der Waals surface area contributed by atoms with Crippen LogP contribution in [-0.2, 0) is 14.3 Å². The van der Waals surface area contributed by atoms with E-state index >= 15 is 0 Å². The Balaban J connectivity index is 0.000000952. The van der Waals surface area contributed by atoms with Gasteiger partial charge in [-0.05, 0) is 59.9 Å². The van der Waals surface area contributed by atoms with Crippen LogP contribution in [0.25, 0.3) is 22.3 Å². The summed E-state index contributed by atoms with van der Waals surface area (Å²) in [7, 11) is 3.16. The quantitative estimate of drug-likeness (QED) is 0.217. The van der Waals surface area contributed by atoms with E-state index < -0.39 is 11.6 Å². The largest absolute Gasteiger partial charge is 0.471 e. The number of methoxy groups -OCH3 is 1. The maximum atomic E-state index is 14.6. The summed E-state index contributed by atoms with van der Waals surface area (Å²) < 4.78 is 32.9. The van der Waals surface area contributed by atoms with Gasteiger partial charge in [-0.2, -0.15) is 0 Å². The van der Waals surface area contributed by atoms with Crippen molar-refractivity contribution in [1.82, 2.24) is 5.32 Å². The third kappa shape index (κ3) is 6.89. The molecule has 2 aliphatic rings. The summed E-state index contributed by atoms with van der Waals surface area (Å²) in [5, 5.41) is 9.43. The zero-order valence-electron chi connectivity index (χ0n) is 23.5. The van der Waals surface area contributed by atoms with Crippen LogP contribution in [-0.4, -0.2) is 32.6 Å². The van der Waals surface area contributed by atoms with Crippen LogP contribution in [0.2, 0.25) is 5.02 Å². The molecule has 0 spiro atoms. The molecule has 0 saturated carbocycles. The highest BCUT2D eigenvalue weighted by Crippen LogP contribution is 2.35. The number of hydrogen-bond acceptors (Lipinski definition) is 5. The van der Waals surface area contributed by atoms with E-state index in [1.54, 1.807) is 12.3 Å². The van der Waals surface area contributed by atoms with Crippen molar-refractivity contribution >= 4 is 46.5 Å². The number of dihydropyridines is 1. The lowest BCUT2D eigenvalue weighted by Crippen LogP contribution is -2.26. The van der Waals surface area contributed by atoms with Crippen molar-refractivity contribution in [3.8, 4) is 11.1 Å². The Bertz CT molecular complexity index is 1570. The molecule has 0 fully saturated rings. The minimum atomic E-state index is -0.784. The number of benzene rings is 3. The predicted octanol–water partition coefficient (Wildman–Crippen LogP) is 7.44. The van der Waals surface area contributed by atoms with Crippen molar-refractivity contribution in [1.29, 1.82) is 0 Å². The van der Waals surface area contributed by atoms with Gasteiger partial charge in [0.1, 0.15) is 5.82 Å². The smallest absolute Gasteiger partial charge is 0.292 e. The fourth-order valence-electron chi connectivity index (χ4n) is 4.85. The number of rotatable bonds is 4. The Kier molecular flexibility index (Phi) is 10.1. The first kappa shape index (κ1) is 30.5. The maximum Gasteiger partial charge on any atom is 0.292 e. The molecule has 2 atom stereocenters. The average molecular weight is 592 g/mol. The van der Waals surface area contributed by atoms with E-state index in [1.165, 1.54) is 13.2 Å². The van der Waals surface area contributed by atoms with E-state index in [-0.39, 0.29) is 28.5 Å². The summed E-state index contributed by atoms with van der Waals surface area (Å²) in [5.41, 5.74) is 5.81. The fourth-order valence-corrected chi connectivity index (χ4v) is 5.00. The van der Waals surface area contributed by atoms with Crippen molar-refractivity contribution < 1.29 is 23.1 Å². The third-order valence-electron chi connectivity index (χ3n) is 7.14. The molecule has 3 aromatic rings. The van der Waals surface area contributed by atoms with Crippen molar-refractivity contribution in [2.75, 3.05) is 24.8 Å². The first-order valence-electron chi connectivity index (χ1n) is 13.5. The van der Waals surface area contributed by atoms with Gasteiger partial charge in [0.05, 0.1) is 29.4 Å². The number of carbonyl (C=O) groups is 2. The van der Waals surface area contributed by atoms with Crippen LogP contribution in [0.5, 0.6) is 0 Å². The van der Waals surface area contributed by atoms with E-state index in [9.17, 15) is 13.6 Å². The number of nitrogens with one attached hydrogen (secondary N) is 3. The van der Waals surface area contributed by atoms with Gasteiger partial charge in [0, 0.05) is 36.0 Å². The lowest BCUT2D eigenvalue weighted by molar-refractivity contribution is -0.126. The second-order valence-electron chi connectivity index (χ2n) is 9.87. The van der Waals surface area contributed by atoms with Gasteiger partial charge in [-0.25, -0.2) is 8.78 Å². The third-order valence-corrected chi connectivity index (χ3v) is 7.43. The highest BCUT2D eigenvalue weighted by molar-refractivity contribution is 6.31. The monoisotopic (exact) mass is 591 g/mol. The number of fused-ring (bicyclic) bond motifs is 4. The van der Waals surface area contributed by atoms with Gasteiger partial charge in [-0.1, -0.05) is 61.0 Å². The van der Waals surface area contributed by atoms with Crippen LogP contribution in [0.3, 0.4) is 0 Å². The normalized spacial score (nSPS) is 19.0. The summed E-state index contributed by atoms with van der Waals surface area (Å²) in [6.45, 7) is 2.30. The molecule has 9 heteroatoms. The SMILES string of the molecule is CNc1ccc2c(c1)NC(=O)C(C)CC/C=C(/C1C=CC(c3c(F)ccc(Cl)c3F)=CN1)c1cccc-2c1.COC=O. The van der Waals surface area contributed by atoms with Gasteiger partial charge < -0.3 is 20.7 Å². The zero-order chi connectivity index (χ0) is 30.2. The molecular formula is C33H32ClF2N3O3. The van der Waals surface area contributed by atoms with Crippen molar-refractivity contribution in [3.63, 3.8) is 0 Å². The molecule has 3 aromatic carbocycles. The molecule has 6 nitrogen and oxygen atoms in total. The first-order valence-corrected chi connectivity index (χ1v) is 13.8. The molecule has 0 saturated heterocycles. The number of carbonyl (C=O) groups excluding carboxylic acids is 2. The van der Waals surface area contributed by atoms with Gasteiger partial charge in [-0.15, -0.1) is 0 Å². The number of amides is 1. The minimum Gasteiger partial charge on any atom is -0.471 e. The van der Waals surface area contributed by atoms with E-state index in [2.05, 4.69) is 38.9 Å². The molecule has 0 radical (unpaired) electrons. The molecule has 0 aromatic heterocycles. The number of hydrogen-bond donors (Lipinski definition) is 3. The number of allylic oxidation sites excluding steroid dienone is 3. The van der Waals surface area contributed by atoms with Gasteiger partial charge in [-0.3, -0.25) is 9.59 Å². The highest BCUT2D eigenvalue weighted by atomic mass is 35.5. The molecule has 5 rings (SSSR count). The maximum absolute atomic E-state index is 14.6. The highest BCUT2D eigenvalue weighted by Gasteiger charge is 2.22. The summed E-state index contributed by atoms with van der Waals surface area (Å²) in [5.74, 6) is -1.67. The predicted molar refractivity (Wildman–Crippen MR) is 165 cm³/mol. The number of halogens is 3. The Morgan fingerprint density at radius 2 is 1.86 bits per heavy atom. The Hall–Kier alpha value is -4.43. The van der Waals surface area contributed by atoms with Gasteiger partial charge >= 0.3 is 0 Å². The van der Waals surface area contributed by atoms with Crippen molar-refractivity contribution in [2.24, 2.45) is 5.92 Å². The van der Waals surface area contributed by atoms with E-state index in [4.69, 9.17) is 16.4 Å². The van der Waals surface area contributed by atoms with Crippen molar-refractivity contribution in [2.45, 2.75) is 25.8 Å². The Morgan fingerprint density at radius 3 is 2.55 bits per heavy atom. The standard InChI is InChI=1S/C31H28ClF2N3O.C2H4O2/c1-18-5-3-8-23(27-14-9-21(17-36-27)29-26(33)13-12-25(32)30(29)34)19-6-4-7-20(15-19)24-11-10-22(35-2)16-28(24)37-31(18)38;1-4-2-3/h4,6-18,27,35-36H,3,5H2,1-2H3,(H,37,38);2H,1H3/b23-8+;. The van der Waals surface area contributed by atoms with Crippen LogP contribution in [0.4, 0.5) is 20.2 Å². The molecule has 2 bridgehead atoms. The summed E-state index contributed by atoms with van der Waals surface area (Å²) >= 11 is 5.90. The number of ether oxygens (including phenoxy) is 1. The van der Waals surface area contributed by atoms with E-state index in [0.29, 0.717) is 24.9 Å². The van der Waals surface area contributed by atoms with Gasteiger partial charge in [0.25, 0.3) is 6.47 Å². The molecule has 0 aliphatic carbocycles. The molecule has 218 valence electrons. The molecule has 42 heavy (non-hydrogen) atoms. The van der Waals surface area contributed by atoms with E-state index in [1.807, 2.05) is 50.4 Å². The van der Waals surface area contributed by atoms with Crippen molar-refractivity contribution in [3.05, 3.63) is 107 Å². The lowest BCUT2D eigenvalue weighted by atomic mass is 9.90. The molecular weight excluding hydrogens is 560 g/mol. The Labute approximate surface area is 249 Å². The average Bonchev–Trinajstić information content (AvgIpc) is 3.01. The van der Waals surface area contributed by atoms with Crippen LogP contribution >= 0.6 is 11.6 Å². The number of anilines is 2. The van der Waals surface area contributed by atoms with Gasteiger partial charge in [0.15, 0.2) is 5.82 Å². The van der Waals surface area contributed by atoms with Crippen LogP contribution in [0, 0.1) is 17.6 Å². The molecule has 2 aliphatic heterocycles. The Morgan fingerprint density at radius 1 is 1.10 bits per heavy atom. The molecule has 3 N–H and O–H groups in total. The first-order chi connectivity index (χ1) is 20.3. The second kappa shape index (κ2) is 14.0. The zero-order valence-corrected chi connectivity index (χ0v) is 24.3. The topological polar surface area (TPSA) is 79.5 Å². The summed E-state index contributed by atoms with van der Waals surface area (Å²) in [6.07, 6.45) is 8.72. The minimum absolute atomic E-state index is 0.0278. The lowest BCUT2D eigenvalue weighted by Gasteiger charge is -2.24. The van der Waals surface area contributed by atoms with Crippen LogP contribution in [0.15, 0.2) is 79.0 Å². The molecule has 2 unspecified atom stereocenters. The van der Waals surface area contributed by atoms with Gasteiger partial charge in [0.2, 0.25) is 5.91 Å². The second-order valence-corrected chi connectivity index (χ2v) is 10.3. The van der Waals surface area contributed by atoms with Crippen LogP contribution in [0.1, 0.15) is 30.9 Å². The van der Waals surface area contributed by atoms with E-state index in [0.717, 1.165) is 39.7 Å². The summed E-state index contributed by atoms with van der Waals surface area (Å²) in [6, 6.07) is 16.2. The van der Waals surface area contributed by atoms with Crippen LogP contribution < -0.4 is 16.0 Å².